The molecule has 0 unspecified atom stereocenters. The predicted molar refractivity (Wildman–Crippen MR) is 79.0 cm³/mol. The van der Waals surface area contributed by atoms with Crippen molar-refractivity contribution < 1.29 is 9.13 Å². The minimum Gasteiger partial charge on any atom is -0.494 e. The van der Waals surface area contributed by atoms with Crippen LogP contribution in [0.2, 0.25) is 0 Å². The molecule has 0 saturated heterocycles. The lowest BCUT2D eigenvalue weighted by Gasteiger charge is -2.18. The molecule has 1 N–H and O–H groups in total. The molecule has 1 aliphatic heterocycles. The lowest BCUT2D eigenvalue weighted by molar-refractivity contribution is 0.386. The highest BCUT2D eigenvalue weighted by molar-refractivity contribution is 5.55. The fraction of sp³-hybridized carbons (Fsp3) is 0.294. The summed E-state index contributed by atoms with van der Waals surface area (Å²) >= 11 is 0. The SMILES string of the molecule is COc1ccc(Cc2ccc3c(c2)NCCC3)cc1F. The number of anilines is 1. The molecule has 1 heterocycles. The number of nitrogens with one attached hydrogen (secondary N) is 1. The normalized spacial score (nSPS) is 13.5. The molecule has 0 amide bonds. The summed E-state index contributed by atoms with van der Waals surface area (Å²) in [6.45, 7) is 1.04. The first-order valence-electron chi connectivity index (χ1n) is 6.94. The number of hydrogen-bond acceptors (Lipinski definition) is 2. The van der Waals surface area contributed by atoms with Gasteiger partial charge in [0.05, 0.1) is 7.11 Å². The maximum Gasteiger partial charge on any atom is 0.165 e. The van der Waals surface area contributed by atoms with E-state index in [1.54, 1.807) is 12.1 Å². The van der Waals surface area contributed by atoms with Crippen molar-refractivity contribution in [2.24, 2.45) is 0 Å². The number of rotatable bonds is 3. The minimum absolute atomic E-state index is 0.292. The van der Waals surface area contributed by atoms with Crippen LogP contribution in [0, 0.1) is 5.82 Å². The average molecular weight is 271 g/mol. The monoisotopic (exact) mass is 271 g/mol. The van der Waals surface area contributed by atoms with Crippen LogP contribution in [0.5, 0.6) is 5.75 Å². The third kappa shape index (κ3) is 2.62. The van der Waals surface area contributed by atoms with Gasteiger partial charge in [-0.25, -0.2) is 4.39 Å². The number of fused-ring (bicyclic) bond motifs is 1. The van der Waals surface area contributed by atoms with E-state index in [0.717, 1.165) is 24.9 Å². The molecule has 0 radical (unpaired) electrons. The molecule has 0 bridgehead atoms. The Kier molecular flexibility index (Phi) is 3.59. The number of halogens is 1. The number of methoxy groups -OCH3 is 1. The van der Waals surface area contributed by atoms with Gasteiger partial charge in [0, 0.05) is 12.2 Å². The van der Waals surface area contributed by atoms with Gasteiger partial charge in [0.1, 0.15) is 0 Å². The average Bonchev–Trinajstić information content (AvgIpc) is 2.47. The Labute approximate surface area is 118 Å². The zero-order chi connectivity index (χ0) is 13.9. The summed E-state index contributed by atoms with van der Waals surface area (Å²) in [6, 6.07) is 11.6. The van der Waals surface area contributed by atoms with Gasteiger partial charge in [0.25, 0.3) is 0 Å². The van der Waals surface area contributed by atoms with E-state index >= 15 is 0 Å². The summed E-state index contributed by atoms with van der Waals surface area (Å²) in [4.78, 5) is 0. The molecule has 0 spiro atoms. The number of ether oxygens (including phenoxy) is 1. The highest BCUT2D eigenvalue weighted by atomic mass is 19.1. The molecule has 2 nitrogen and oxygen atoms in total. The van der Waals surface area contributed by atoms with Crippen molar-refractivity contribution in [2.45, 2.75) is 19.3 Å². The van der Waals surface area contributed by atoms with Gasteiger partial charge in [-0.15, -0.1) is 0 Å². The molecule has 0 aromatic heterocycles. The van der Waals surface area contributed by atoms with Gasteiger partial charge in [-0.2, -0.15) is 0 Å². The number of aryl methyl sites for hydroxylation is 1. The first kappa shape index (κ1) is 13.0. The molecule has 3 rings (SSSR count). The predicted octanol–water partition coefficient (Wildman–Crippen LogP) is 3.78. The fourth-order valence-electron chi connectivity index (χ4n) is 2.67. The van der Waals surface area contributed by atoms with Crippen LogP contribution < -0.4 is 10.1 Å². The molecule has 0 aliphatic carbocycles. The van der Waals surface area contributed by atoms with Gasteiger partial charge < -0.3 is 10.1 Å². The van der Waals surface area contributed by atoms with Crippen LogP contribution in [0.3, 0.4) is 0 Å². The van der Waals surface area contributed by atoms with E-state index in [2.05, 4.69) is 23.5 Å². The molecule has 0 atom stereocenters. The molecule has 104 valence electrons. The largest absolute Gasteiger partial charge is 0.494 e. The quantitative estimate of drug-likeness (QED) is 0.917. The summed E-state index contributed by atoms with van der Waals surface area (Å²) < 4.78 is 18.6. The Morgan fingerprint density at radius 3 is 2.75 bits per heavy atom. The van der Waals surface area contributed by atoms with Crippen LogP contribution in [-0.2, 0) is 12.8 Å². The molecular formula is C17H18FNO. The van der Waals surface area contributed by atoms with Gasteiger partial charge >= 0.3 is 0 Å². The van der Waals surface area contributed by atoms with E-state index in [0.29, 0.717) is 5.75 Å². The number of benzene rings is 2. The topological polar surface area (TPSA) is 21.3 Å². The standard InChI is InChI=1S/C17H18FNO/c1-20-17-7-5-12(10-15(17)18)9-13-4-6-14-3-2-8-19-16(14)11-13/h4-7,10-11,19H,2-3,8-9H2,1H3. The van der Waals surface area contributed by atoms with E-state index in [4.69, 9.17) is 4.74 Å². The van der Waals surface area contributed by atoms with Crippen molar-refractivity contribution in [1.82, 2.24) is 0 Å². The molecule has 1 aliphatic rings. The maximum atomic E-state index is 13.7. The zero-order valence-corrected chi connectivity index (χ0v) is 11.6. The highest BCUT2D eigenvalue weighted by Crippen LogP contribution is 2.25. The van der Waals surface area contributed by atoms with E-state index in [1.807, 2.05) is 6.07 Å². The van der Waals surface area contributed by atoms with Gasteiger partial charge in [0.2, 0.25) is 0 Å². The summed E-state index contributed by atoms with van der Waals surface area (Å²) in [5.41, 5.74) is 4.76. The molecule has 2 aromatic carbocycles. The van der Waals surface area contributed by atoms with Crippen LogP contribution in [-0.4, -0.2) is 13.7 Å². The van der Waals surface area contributed by atoms with Crippen molar-refractivity contribution >= 4 is 5.69 Å². The van der Waals surface area contributed by atoms with Crippen LogP contribution in [0.1, 0.15) is 23.1 Å². The van der Waals surface area contributed by atoms with Gasteiger partial charge in [-0.05, 0) is 54.2 Å². The Morgan fingerprint density at radius 2 is 1.95 bits per heavy atom. The van der Waals surface area contributed by atoms with Crippen molar-refractivity contribution in [3.63, 3.8) is 0 Å². The van der Waals surface area contributed by atoms with E-state index in [9.17, 15) is 4.39 Å². The first-order valence-corrected chi connectivity index (χ1v) is 6.94. The Morgan fingerprint density at radius 1 is 1.15 bits per heavy atom. The number of hydrogen-bond donors (Lipinski definition) is 1. The summed E-state index contributed by atoms with van der Waals surface area (Å²) in [6.07, 6.45) is 3.06. The second-order valence-electron chi connectivity index (χ2n) is 5.17. The van der Waals surface area contributed by atoms with Gasteiger partial charge in [0.15, 0.2) is 11.6 Å². The highest BCUT2D eigenvalue weighted by Gasteiger charge is 2.09. The third-order valence-corrected chi connectivity index (χ3v) is 3.74. The Hall–Kier alpha value is -2.03. The third-order valence-electron chi connectivity index (χ3n) is 3.74. The summed E-state index contributed by atoms with van der Waals surface area (Å²) in [5.74, 6) is -0.0121. The smallest absolute Gasteiger partial charge is 0.165 e. The summed E-state index contributed by atoms with van der Waals surface area (Å²) in [5, 5.41) is 3.42. The Balaban J connectivity index is 1.82. The summed E-state index contributed by atoms with van der Waals surface area (Å²) in [7, 11) is 1.48. The van der Waals surface area contributed by atoms with Gasteiger partial charge in [-0.3, -0.25) is 0 Å². The van der Waals surface area contributed by atoms with E-state index in [1.165, 1.54) is 30.3 Å². The van der Waals surface area contributed by atoms with Crippen LogP contribution in [0.15, 0.2) is 36.4 Å². The second-order valence-corrected chi connectivity index (χ2v) is 5.17. The van der Waals surface area contributed by atoms with Crippen molar-refractivity contribution in [3.05, 3.63) is 58.9 Å². The molecule has 0 fully saturated rings. The zero-order valence-electron chi connectivity index (χ0n) is 11.6. The molecule has 3 heteroatoms. The first-order chi connectivity index (χ1) is 9.76. The molecule has 2 aromatic rings. The molecular weight excluding hydrogens is 253 g/mol. The lowest BCUT2D eigenvalue weighted by atomic mass is 9.98. The fourth-order valence-corrected chi connectivity index (χ4v) is 2.67. The van der Waals surface area contributed by atoms with Crippen LogP contribution in [0.4, 0.5) is 10.1 Å². The lowest BCUT2D eigenvalue weighted by Crippen LogP contribution is -2.11. The van der Waals surface area contributed by atoms with Crippen molar-refractivity contribution in [1.29, 1.82) is 0 Å². The van der Waals surface area contributed by atoms with Gasteiger partial charge in [-0.1, -0.05) is 18.2 Å². The second kappa shape index (κ2) is 5.53. The van der Waals surface area contributed by atoms with Crippen LogP contribution >= 0.6 is 0 Å². The maximum absolute atomic E-state index is 13.7. The van der Waals surface area contributed by atoms with Crippen LogP contribution in [0.25, 0.3) is 0 Å². The molecule has 0 saturated carbocycles. The van der Waals surface area contributed by atoms with Crippen molar-refractivity contribution in [2.75, 3.05) is 19.0 Å². The van der Waals surface area contributed by atoms with Crippen molar-refractivity contribution in [3.8, 4) is 5.75 Å². The van der Waals surface area contributed by atoms with E-state index < -0.39 is 0 Å². The molecule has 20 heavy (non-hydrogen) atoms. The van der Waals surface area contributed by atoms with E-state index in [-0.39, 0.29) is 5.82 Å². The minimum atomic E-state index is -0.305. The Bertz CT molecular complexity index is 624.